The number of rotatable bonds is 14. The highest BCUT2D eigenvalue weighted by Gasteiger charge is 2.28. The highest BCUT2D eigenvalue weighted by atomic mass is 16.4. The quantitative estimate of drug-likeness (QED) is 0.103. The average molecular weight is 1930 g/mol. The predicted octanol–water partition coefficient (Wildman–Crippen LogP) is 41.6. The normalized spacial score (nSPS) is 12.3. The van der Waals surface area contributed by atoms with E-state index >= 15 is 0 Å². The fourth-order valence-corrected chi connectivity index (χ4v) is 23.6. The minimum Gasteiger partial charge on any atom is -0.456 e. The molecule has 0 aliphatic heterocycles. The van der Waals surface area contributed by atoms with Crippen molar-refractivity contribution in [2.24, 2.45) is 0 Å². The van der Waals surface area contributed by atoms with Crippen molar-refractivity contribution in [1.82, 2.24) is 0 Å². The molecular formula is C138H88N4O8. The van der Waals surface area contributed by atoms with Crippen LogP contribution in [0.3, 0.4) is 0 Å². The van der Waals surface area contributed by atoms with Crippen LogP contribution in [-0.4, -0.2) is 0 Å². The molecule has 0 saturated heterocycles. The molecular weight excluding hydrogens is 1840 g/mol. The summed E-state index contributed by atoms with van der Waals surface area (Å²) in [6, 6.07) is 160. The summed E-state index contributed by atoms with van der Waals surface area (Å²) < 4.78 is 53.9. The first-order valence-corrected chi connectivity index (χ1v) is 51.3. The molecule has 0 spiro atoms. The maximum Gasteiger partial charge on any atom is 0.143 e. The van der Waals surface area contributed by atoms with Crippen molar-refractivity contribution < 1.29 is 35.3 Å². The summed E-state index contributed by atoms with van der Waals surface area (Å²) in [5.41, 5.74) is 28.3. The van der Waals surface area contributed by atoms with E-state index in [1.807, 2.05) is 12.1 Å². The largest absolute Gasteiger partial charge is 0.456 e. The second-order valence-electron chi connectivity index (χ2n) is 40.5. The van der Waals surface area contributed by atoms with Crippen LogP contribution in [0, 0.1) is 0 Å². The maximum absolute atomic E-state index is 6.83. The molecule has 0 amide bonds. The van der Waals surface area contributed by atoms with E-state index in [-0.39, 0.29) is 0 Å². The summed E-state index contributed by atoms with van der Waals surface area (Å²) in [6.45, 7) is 8.92. The van der Waals surface area contributed by atoms with Crippen molar-refractivity contribution in [1.29, 1.82) is 0 Å². The molecule has 150 heavy (non-hydrogen) atoms. The Kier molecular flexibility index (Phi) is 18.7. The lowest BCUT2D eigenvalue weighted by Crippen LogP contribution is -2.10. The van der Waals surface area contributed by atoms with Crippen molar-refractivity contribution in [3.63, 3.8) is 0 Å². The lowest BCUT2D eigenvalue weighted by Gasteiger charge is -2.26. The van der Waals surface area contributed by atoms with Gasteiger partial charge in [0.1, 0.15) is 89.3 Å². The van der Waals surface area contributed by atoms with Gasteiger partial charge in [-0.1, -0.05) is 210 Å². The standard InChI is InChI=1S/C72H50N2O4.C66H38N2O4/c1-41(2)43-13-19-49(20-14-43)73(53-23-29-57-61-27-17-45-9-5-7-11-55(45)71(61)77-69(57)39-53)51-25-31-59-63-33-47-36-66-64(34-48(47)35-65(63)75-67(59)37-51)60-32-26-52(38-68(60)76-66)74(50-21-15-44(16-22-50)42(3)4)54-24-30-58-62-28-18-46-10-6-8-12-56(46)72(62)78-70(58)40-54;1-3-13-43(14-4-1)67(47-21-27-51-55-25-19-39-11-7-9-17-49(39)65(55)71-63(51)37-47)45-23-29-53-57-31-41-34-60-58(32-42(41)33-59(57)69-61(53)35-45)54-30-24-46(36-62(54)70-60)68(44-15-5-2-6-16-44)48-22-28-52-56-26-20-40-12-8-10-18-50(40)66(56)72-64(52)38-48/h5-42H,1-4H3;1-38H. The molecule has 32 rings (SSSR count). The van der Waals surface area contributed by atoms with Crippen molar-refractivity contribution in [2.45, 2.75) is 39.5 Å². The molecule has 24 aromatic carbocycles. The van der Waals surface area contributed by atoms with Gasteiger partial charge in [-0.15, -0.1) is 0 Å². The summed E-state index contributed by atoms with van der Waals surface area (Å²) in [5, 5.41) is 30.7. The number of para-hydroxylation sites is 2. The van der Waals surface area contributed by atoms with Crippen LogP contribution in [-0.2, 0) is 0 Å². The number of benzene rings is 24. The smallest absolute Gasteiger partial charge is 0.143 e. The number of anilines is 12. The van der Waals surface area contributed by atoms with Gasteiger partial charge >= 0.3 is 0 Å². The van der Waals surface area contributed by atoms with E-state index < -0.39 is 0 Å². The zero-order valence-electron chi connectivity index (χ0n) is 81.9. The Bertz CT molecular complexity index is 10600. The number of hydrogen-bond acceptors (Lipinski definition) is 12. The zero-order chi connectivity index (χ0) is 98.9. The van der Waals surface area contributed by atoms with Crippen LogP contribution < -0.4 is 19.6 Å². The Morgan fingerprint density at radius 3 is 0.533 bits per heavy atom. The first-order chi connectivity index (χ1) is 73.9. The van der Waals surface area contributed by atoms with E-state index in [1.54, 1.807) is 0 Å². The molecule has 708 valence electrons. The molecule has 12 heteroatoms. The number of fused-ring (bicyclic) bond motifs is 34. The molecule has 32 aromatic rings. The number of hydrogen-bond donors (Lipinski definition) is 0. The summed E-state index contributed by atoms with van der Waals surface area (Å²) in [4.78, 5) is 9.12. The van der Waals surface area contributed by atoms with Crippen molar-refractivity contribution >= 4 is 308 Å². The Hall–Kier alpha value is -19.6. The van der Waals surface area contributed by atoms with Crippen LogP contribution >= 0.6 is 0 Å². The summed E-state index contributed by atoms with van der Waals surface area (Å²) in [7, 11) is 0. The molecule has 0 bridgehead atoms. The second-order valence-corrected chi connectivity index (χ2v) is 40.5. The van der Waals surface area contributed by atoms with Gasteiger partial charge < -0.3 is 54.9 Å². The van der Waals surface area contributed by atoms with Crippen molar-refractivity contribution in [2.75, 3.05) is 19.6 Å². The van der Waals surface area contributed by atoms with Gasteiger partial charge in [0.2, 0.25) is 0 Å². The Morgan fingerprint density at radius 1 is 0.127 bits per heavy atom. The fourth-order valence-electron chi connectivity index (χ4n) is 23.6. The molecule has 0 radical (unpaired) electrons. The summed E-state index contributed by atoms with van der Waals surface area (Å²) >= 11 is 0. The molecule has 0 aliphatic rings. The molecule has 0 N–H and O–H groups in total. The highest BCUT2D eigenvalue weighted by molar-refractivity contribution is 6.23. The Balaban J connectivity index is 0.000000135. The van der Waals surface area contributed by atoms with E-state index in [4.69, 9.17) is 35.3 Å². The minimum atomic E-state index is 0.417. The van der Waals surface area contributed by atoms with Gasteiger partial charge in [-0.3, -0.25) is 0 Å². The first-order valence-electron chi connectivity index (χ1n) is 51.3. The molecule has 0 unspecified atom stereocenters. The van der Waals surface area contributed by atoms with E-state index in [1.165, 1.54) is 11.1 Å². The summed E-state index contributed by atoms with van der Waals surface area (Å²) in [5.74, 6) is 0.834. The van der Waals surface area contributed by atoms with Gasteiger partial charge in [-0.2, -0.15) is 0 Å². The molecule has 8 aromatic heterocycles. The van der Waals surface area contributed by atoms with Gasteiger partial charge in [0.15, 0.2) is 0 Å². The van der Waals surface area contributed by atoms with Gasteiger partial charge in [-0.05, 0) is 284 Å². The van der Waals surface area contributed by atoms with Crippen molar-refractivity contribution in [3.05, 3.63) is 460 Å². The van der Waals surface area contributed by atoms with Crippen LogP contribution in [0.15, 0.2) is 484 Å². The second kappa shape index (κ2) is 33.0. The molecule has 12 nitrogen and oxygen atoms in total. The van der Waals surface area contributed by atoms with Gasteiger partial charge in [0.05, 0.1) is 0 Å². The third-order valence-electron chi connectivity index (χ3n) is 31.1. The fraction of sp³-hybridized carbons (Fsp3) is 0.0435. The Labute approximate surface area is 857 Å². The van der Waals surface area contributed by atoms with Crippen molar-refractivity contribution in [3.8, 4) is 0 Å². The molecule has 0 aliphatic carbocycles. The van der Waals surface area contributed by atoms with Crippen LogP contribution in [0.25, 0.3) is 240 Å². The third-order valence-corrected chi connectivity index (χ3v) is 31.1. The van der Waals surface area contributed by atoms with Crippen LogP contribution in [0.4, 0.5) is 68.2 Å². The molecule has 0 fully saturated rings. The van der Waals surface area contributed by atoms with E-state index in [0.717, 1.165) is 308 Å². The average Bonchev–Trinajstić information content (AvgIpc) is 1.51. The topological polar surface area (TPSA) is 118 Å². The Morgan fingerprint density at radius 2 is 0.307 bits per heavy atom. The van der Waals surface area contributed by atoms with Gasteiger partial charge in [0, 0.05) is 225 Å². The number of furan rings is 8. The molecule has 0 saturated carbocycles. The third kappa shape index (κ3) is 13.5. The van der Waals surface area contributed by atoms with E-state index in [9.17, 15) is 0 Å². The lowest BCUT2D eigenvalue weighted by molar-refractivity contribution is 0.668. The maximum atomic E-state index is 6.83. The molecule has 8 heterocycles. The highest BCUT2D eigenvalue weighted by Crippen LogP contribution is 2.52. The predicted molar refractivity (Wildman–Crippen MR) is 623 cm³/mol. The van der Waals surface area contributed by atoms with Gasteiger partial charge in [0.25, 0.3) is 0 Å². The SMILES string of the molecule is CC(C)c1ccc(N(c2ccc3c(c2)oc2cc4cc5c(cc4cc23)oc2cc(N(c3ccc(C(C)C)cc3)c3ccc4c(c3)oc3c6ccccc6ccc43)ccc25)c2ccc3c(c2)oc2c4ccccc4ccc32)cc1.c1ccc(N(c2ccc3c(c2)oc2cc4cc5c(cc4cc23)oc2cc(N(c3ccccc3)c3ccc4c(c3)oc3c6ccccc6ccc43)ccc25)c2ccc3c(c2)oc2c4ccccc4ccc32)cc1. The van der Waals surface area contributed by atoms with E-state index in [2.05, 4.69) is 484 Å². The molecule has 0 atom stereocenters. The summed E-state index contributed by atoms with van der Waals surface area (Å²) in [6.07, 6.45) is 0. The van der Waals surface area contributed by atoms with Crippen LogP contribution in [0.2, 0.25) is 0 Å². The first kappa shape index (κ1) is 84.9. The number of nitrogens with zero attached hydrogens (tertiary/aromatic N) is 4. The van der Waals surface area contributed by atoms with Crippen LogP contribution in [0.5, 0.6) is 0 Å². The zero-order valence-corrected chi connectivity index (χ0v) is 81.9. The monoisotopic (exact) mass is 1930 g/mol. The minimum absolute atomic E-state index is 0.417. The van der Waals surface area contributed by atoms with E-state index in [0.29, 0.717) is 11.8 Å². The van der Waals surface area contributed by atoms with Gasteiger partial charge in [-0.25, -0.2) is 0 Å². The van der Waals surface area contributed by atoms with Crippen LogP contribution in [0.1, 0.15) is 50.7 Å². The lowest BCUT2D eigenvalue weighted by atomic mass is 10.0.